The first-order valence-electron chi connectivity index (χ1n) is 10.9. The number of nitrogens with zero attached hydrogens (tertiary/aromatic N) is 4. The van der Waals surface area contributed by atoms with E-state index in [1.165, 1.54) is 0 Å². The zero-order chi connectivity index (χ0) is 24.7. The SMILES string of the molecule is Cc1c(-c2cnn(C)c2)nn(-c2ccccc2)c1NC(=O)NC1CS(=O)(=O)Cc2ccc(Br)cc21. The van der Waals surface area contributed by atoms with Crippen LogP contribution in [0.4, 0.5) is 10.6 Å². The van der Waals surface area contributed by atoms with Gasteiger partial charge in [-0.2, -0.15) is 10.2 Å². The van der Waals surface area contributed by atoms with Crippen LogP contribution in [-0.2, 0) is 22.6 Å². The lowest BCUT2D eigenvalue weighted by molar-refractivity contribution is 0.249. The number of amides is 2. The molecule has 1 aliphatic rings. The Hall–Kier alpha value is -3.44. The fourth-order valence-corrected chi connectivity index (χ4v) is 6.30. The summed E-state index contributed by atoms with van der Waals surface area (Å²) in [5.74, 6) is 0.284. The molecule has 0 saturated heterocycles. The fourth-order valence-electron chi connectivity index (χ4n) is 4.30. The number of rotatable bonds is 4. The van der Waals surface area contributed by atoms with Crippen LogP contribution >= 0.6 is 15.9 Å². The molecular formula is C24H23BrN6O3S. The Morgan fingerprint density at radius 1 is 1.17 bits per heavy atom. The van der Waals surface area contributed by atoms with Gasteiger partial charge in [-0.05, 0) is 42.3 Å². The highest BCUT2D eigenvalue weighted by Gasteiger charge is 2.31. The molecular weight excluding hydrogens is 532 g/mol. The van der Waals surface area contributed by atoms with Crippen LogP contribution in [0.25, 0.3) is 16.9 Å². The summed E-state index contributed by atoms with van der Waals surface area (Å²) in [5, 5.41) is 14.8. The van der Waals surface area contributed by atoms with Crippen molar-refractivity contribution in [2.45, 2.75) is 18.7 Å². The Kier molecular flexibility index (Phi) is 5.97. The molecule has 4 aromatic rings. The van der Waals surface area contributed by atoms with E-state index in [1.807, 2.05) is 56.6 Å². The van der Waals surface area contributed by atoms with Crippen LogP contribution in [0.2, 0.25) is 0 Å². The molecule has 1 aliphatic heterocycles. The van der Waals surface area contributed by atoms with E-state index < -0.39 is 21.9 Å². The summed E-state index contributed by atoms with van der Waals surface area (Å²) >= 11 is 3.44. The summed E-state index contributed by atoms with van der Waals surface area (Å²) in [6, 6.07) is 13.7. The lowest BCUT2D eigenvalue weighted by Gasteiger charge is -2.27. The average Bonchev–Trinajstić information content (AvgIpc) is 3.37. The third-order valence-corrected chi connectivity index (χ3v) is 8.00. The first-order valence-corrected chi connectivity index (χ1v) is 13.5. The van der Waals surface area contributed by atoms with Gasteiger partial charge in [-0.25, -0.2) is 17.9 Å². The van der Waals surface area contributed by atoms with E-state index in [4.69, 9.17) is 5.10 Å². The Morgan fingerprint density at radius 2 is 1.94 bits per heavy atom. The number of carbonyl (C=O) groups excluding carboxylic acids is 1. The quantitative estimate of drug-likeness (QED) is 0.394. The van der Waals surface area contributed by atoms with Crippen LogP contribution in [0.15, 0.2) is 65.4 Å². The number of benzene rings is 2. The summed E-state index contributed by atoms with van der Waals surface area (Å²) in [5.41, 5.74) is 4.52. The van der Waals surface area contributed by atoms with Gasteiger partial charge < -0.3 is 5.32 Å². The van der Waals surface area contributed by atoms with Crippen molar-refractivity contribution in [1.82, 2.24) is 24.9 Å². The van der Waals surface area contributed by atoms with E-state index in [0.29, 0.717) is 17.1 Å². The lowest BCUT2D eigenvalue weighted by atomic mass is 10.0. The predicted octanol–water partition coefficient (Wildman–Crippen LogP) is 4.13. The third-order valence-electron chi connectivity index (χ3n) is 5.92. The topological polar surface area (TPSA) is 111 Å². The van der Waals surface area contributed by atoms with Crippen molar-refractivity contribution in [3.05, 3.63) is 82.1 Å². The molecule has 3 heterocycles. The molecule has 180 valence electrons. The van der Waals surface area contributed by atoms with E-state index in [1.54, 1.807) is 27.7 Å². The minimum atomic E-state index is -3.35. The Balaban J connectivity index is 1.49. The monoisotopic (exact) mass is 554 g/mol. The molecule has 2 N–H and O–H groups in total. The first kappa shape index (κ1) is 23.3. The molecule has 2 amide bonds. The maximum atomic E-state index is 13.2. The van der Waals surface area contributed by atoms with Crippen LogP contribution in [0.3, 0.4) is 0 Å². The molecule has 0 radical (unpaired) electrons. The van der Waals surface area contributed by atoms with Crippen molar-refractivity contribution in [1.29, 1.82) is 0 Å². The molecule has 0 bridgehead atoms. The molecule has 0 spiro atoms. The number of hydrogen-bond acceptors (Lipinski definition) is 5. The summed E-state index contributed by atoms with van der Waals surface area (Å²) in [6.45, 7) is 1.88. The van der Waals surface area contributed by atoms with Crippen LogP contribution in [0.1, 0.15) is 22.7 Å². The molecule has 2 aromatic heterocycles. The Morgan fingerprint density at radius 3 is 2.66 bits per heavy atom. The standard InChI is InChI=1S/C24H23BrN6O3S/c1-15-22(17-11-26-30(2)12-17)29-31(19-6-4-3-5-7-19)23(15)28-24(32)27-21-14-35(33,34)13-16-8-9-18(25)10-20(16)21/h3-12,21H,13-14H2,1-2H3,(H2,27,28,32). The number of urea groups is 1. The number of para-hydroxylation sites is 1. The van der Waals surface area contributed by atoms with Gasteiger partial charge in [-0.1, -0.05) is 40.2 Å². The van der Waals surface area contributed by atoms with Crippen molar-refractivity contribution < 1.29 is 13.2 Å². The second kappa shape index (κ2) is 8.97. The van der Waals surface area contributed by atoms with Gasteiger partial charge in [0.25, 0.3) is 0 Å². The molecule has 2 aromatic carbocycles. The van der Waals surface area contributed by atoms with Crippen molar-refractivity contribution in [3.63, 3.8) is 0 Å². The summed E-state index contributed by atoms with van der Waals surface area (Å²) in [4.78, 5) is 13.2. The van der Waals surface area contributed by atoms with Crippen LogP contribution in [0.5, 0.6) is 0 Å². The zero-order valence-corrected chi connectivity index (χ0v) is 21.5. The molecule has 11 heteroatoms. The van der Waals surface area contributed by atoms with Crippen molar-refractivity contribution in [2.75, 3.05) is 11.1 Å². The number of nitrogens with one attached hydrogen (secondary N) is 2. The molecule has 35 heavy (non-hydrogen) atoms. The molecule has 1 unspecified atom stereocenters. The number of fused-ring (bicyclic) bond motifs is 1. The number of aromatic nitrogens is 4. The van der Waals surface area contributed by atoms with E-state index in [2.05, 4.69) is 31.7 Å². The fraction of sp³-hybridized carbons (Fsp3) is 0.208. The molecule has 0 aliphatic carbocycles. The van der Waals surface area contributed by atoms with Crippen molar-refractivity contribution in [3.8, 4) is 16.9 Å². The van der Waals surface area contributed by atoms with E-state index >= 15 is 0 Å². The predicted molar refractivity (Wildman–Crippen MR) is 137 cm³/mol. The van der Waals surface area contributed by atoms with Gasteiger partial charge in [0.2, 0.25) is 0 Å². The molecule has 0 saturated carbocycles. The van der Waals surface area contributed by atoms with Crippen LogP contribution < -0.4 is 10.6 Å². The Labute approximate surface area is 211 Å². The number of hydrogen-bond donors (Lipinski definition) is 2. The minimum absolute atomic E-state index is 0.0379. The average molecular weight is 555 g/mol. The second-order valence-electron chi connectivity index (χ2n) is 8.52. The summed E-state index contributed by atoms with van der Waals surface area (Å²) < 4.78 is 29.2. The number of aryl methyl sites for hydroxylation is 1. The molecule has 0 fully saturated rings. The molecule has 1 atom stereocenters. The highest BCUT2D eigenvalue weighted by Crippen LogP contribution is 2.32. The lowest BCUT2D eigenvalue weighted by Crippen LogP contribution is -2.39. The van der Waals surface area contributed by atoms with E-state index in [9.17, 15) is 13.2 Å². The summed E-state index contributed by atoms with van der Waals surface area (Å²) in [7, 11) is -1.52. The van der Waals surface area contributed by atoms with Crippen molar-refractivity contribution in [2.24, 2.45) is 7.05 Å². The smallest absolute Gasteiger partial charge is 0.320 e. The highest BCUT2D eigenvalue weighted by molar-refractivity contribution is 9.10. The van der Waals surface area contributed by atoms with Gasteiger partial charge in [0, 0.05) is 28.8 Å². The number of carbonyl (C=O) groups is 1. The Bertz CT molecular complexity index is 1530. The van der Waals surface area contributed by atoms with E-state index in [0.717, 1.165) is 26.9 Å². The van der Waals surface area contributed by atoms with Crippen LogP contribution in [0, 0.1) is 6.92 Å². The minimum Gasteiger partial charge on any atom is -0.330 e. The van der Waals surface area contributed by atoms with Gasteiger partial charge in [0.05, 0.1) is 29.4 Å². The zero-order valence-electron chi connectivity index (χ0n) is 19.1. The van der Waals surface area contributed by atoms with Gasteiger partial charge in [0.1, 0.15) is 11.5 Å². The van der Waals surface area contributed by atoms with Gasteiger partial charge in [0.15, 0.2) is 9.84 Å². The van der Waals surface area contributed by atoms with Gasteiger partial charge in [-0.15, -0.1) is 0 Å². The number of anilines is 1. The van der Waals surface area contributed by atoms with Crippen LogP contribution in [-0.4, -0.2) is 39.8 Å². The third kappa shape index (κ3) is 4.73. The number of sulfone groups is 1. The number of halogens is 1. The maximum absolute atomic E-state index is 13.2. The first-order chi connectivity index (χ1) is 16.7. The summed E-state index contributed by atoms with van der Waals surface area (Å²) in [6.07, 6.45) is 3.58. The normalized spacial score (nSPS) is 16.5. The van der Waals surface area contributed by atoms with Gasteiger partial charge in [-0.3, -0.25) is 10.00 Å². The second-order valence-corrected chi connectivity index (χ2v) is 11.5. The van der Waals surface area contributed by atoms with Gasteiger partial charge >= 0.3 is 6.03 Å². The highest BCUT2D eigenvalue weighted by atomic mass is 79.9. The largest absolute Gasteiger partial charge is 0.330 e. The van der Waals surface area contributed by atoms with Crippen molar-refractivity contribution >= 4 is 37.6 Å². The molecule has 9 nitrogen and oxygen atoms in total. The maximum Gasteiger partial charge on any atom is 0.320 e. The van der Waals surface area contributed by atoms with E-state index in [-0.39, 0.29) is 11.5 Å². The molecule has 5 rings (SSSR count).